The van der Waals surface area contributed by atoms with Crippen molar-refractivity contribution < 1.29 is 34.5 Å². The van der Waals surface area contributed by atoms with E-state index in [1.54, 1.807) is 36.1 Å². The number of aromatic hydroxyl groups is 2. The monoisotopic (exact) mass is 492 g/mol. The van der Waals surface area contributed by atoms with Gasteiger partial charge in [0, 0.05) is 25.5 Å². The molecule has 0 bridgehead atoms. The number of hydrogen-bond acceptors (Lipinski definition) is 8. The van der Waals surface area contributed by atoms with Crippen LogP contribution in [0.3, 0.4) is 0 Å². The highest BCUT2D eigenvalue weighted by molar-refractivity contribution is 6.33. The van der Waals surface area contributed by atoms with Gasteiger partial charge in [-0.3, -0.25) is 4.79 Å². The van der Waals surface area contributed by atoms with Crippen molar-refractivity contribution in [1.29, 1.82) is 0 Å². The number of hydrogen-bond donors (Lipinski definition) is 3. The molecule has 0 radical (unpaired) electrons. The number of nitrogens with zero attached hydrogens (tertiary/aromatic N) is 2. The van der Waals surface area contributed by atoms with Gasteiger partial charge in [0.2, 0.25) is 5.91 Å². The van der Waals surface area contributed by atoms with Crippen molar-refractivity contribution >= 4 is 29.2 Å². The Bertz CT molecular complexity index is 1010. The van der Waals surface area contributed by atoms with Crippen LogP contribution in [0.25, 0.3) is 0 Å². The molecule has 3 rings (SSSR count). The zero-order chi connectivity index (χ0) is 24.7. The summed E-state index contributed by atoms with van der Waals surface area (Å²) in [6.45, 7) is 2.94. The molecule has 1 aromatic carbocycles. The fourth-order valence-corrected chi connectivity index (χ4v) is 3.98. The maximum atomic E-state index is 12.9. The minimum absolute atomic E-state index is 0.0604. The van der Waals surface area contributed by atoms with Crippen molar-refractivity contribution in [3.05, 3.63) is 46.5 Å². The third-order valence-corrected chi connectivity index (χ3v) is 6.02. The van der Waals surface area contributed by atoms with Crippen molar-refractivity contribution in [1.82, 2.24) is 4.90 Å². The van der Waals surface area contributed by atoms with Crippen molar-refractivity contribution in [2.75, 3.05) is 19.7 Å². The molecule has 184 valence electrons. The lowest BCUT2D eigenvalue weighted by atomic mass is 9.99. The quantitative estimate of drug-likeness (QED) is 0.334. The number of fused-ring (bicyclic) bond motifs is 1. The van der Waals surface area contributed by atoms with Crippen molar-refractivity contribution in [3.8, 4) is 11.5 Å². The van der Waals surface area contributed by atoms with Crippen molar-refractivity contribution in [2.24, 2.45) is 5.16 Å². The topological polar surface area (TPSA) is 129 Å². The number of allylic oxidation sites excluding steroid dienone is 3. The second kappa shape index (κ2) is 11.9. The van der Waals surface area contributed by atoms with Crippen molar-refractivity contribution in [2.45, 2.75) is 51.2 Å². The average Bonchev–Trinajstić information content (AvgIpc) is 3.19. The van der Waals surface area contributed by atoms with Gasteiger partial charge in [-0.15, -0.1) is 0 Å². The van der Waals surface area contributed by atoms with Crippen LogP contribution < -0.4 is 0 Å². The van der Waals surface area contributed by atoms with Crippen LogP contribution in [0.1, 0.15) is 48.5 Å². The Hall–Kier alpha value is -3.04. The molecule has 2 aliphatic rings. The number of aliphatic hydroxyl groups excluding tert-OH is 1. The molecule has 9 nitrogen and oxygen atoms in total. The van der Waals surface area contributed by atoms with E-state index >= 15 is 0 Å². The van der Waals surface area contributed by atoms with E-state index in [0.29, 0.717) is 38.1 Å². The number of rotatable bonds is 4. The van der Waals surface area contributed by atoms with E-state index in [4.69, 9.17) is 21.2 Å². The Morgan fingerprint density at radius 2 is 2.03 bits per heavy atom. The number of likely N-dealkylation sites (tertiary alicyclic amines) is 1. The Kier molecular flexibility index (Phi) is 8.95. The van der Waals surface area contributed by atoms with E-state index in [9.17, 15) is 24.9 Å². The number of aliphatic hydroxyl groups is 1. The van der Waals surface area contributed by atoms with Crippen LogP contribution in [0.2, 0.25) is 5.02 Å². The standard InChI is InChI=1S/C24H29ClN2O7/c1-15-8-9-17(28)6-3-2-5-16(26-33-12-11-27-10-4-7-21(27)31)13-18-22(24(32)34-15)19(29)14-20(30)23(18)25/h2-3,5-6,14-15,17,28-30H,4,7-13H2,1H3/b5-2+,6-3-,26-16+/t15-,17-/m1/s1. The average molecular weight is 493 g/mol. The lowest BCUT2D eigenvalue weighted by molar-refractivity contribution is -0.128. The number of amides is 1. The number of carbonyl (C=O) groups excluding carboxylic acids is 2. The molecule has 10 heteroatoms. The zero-order valence-corrected chi connectivity index (χ0v) is 19.7. The molecule has 2 aliphatic heterocycles. The van der Waals surface area contributed by atoms with E-state index in [1.807, 2.05) is 0 Å². The predicted octanol–water partition coefficient (Wildman–Crippen LogP) is 3.10. The van der Waals surface area contributed by atoms with Gasteiger partial charge in [-0.25, -0.2) is 4.79 Å². The summed E-state index contributed by atoms with van der Waals surface area (Å²) >= 11 is 6.30. The van der Waals surface area contributed by atoms with Crippen LogP contribution in [-0.4, -0.2) is 69.7 Å². The summed E-state index contributed by atoms with van der Waals surface area (Å²) in [5.41, 5.74) is 0.295. The third-order valence-electron chi connectivity index (χ3n) is 5.60. The molecule has 0 unspecified atom stereocenters. The summed E-state index contributed by atoms with van der Waals surface area (Å²) in [5.74, 6) is -1.59. The number of benzene rings is 1. The summed E-state index contributed by atoms with van der Waals surface area (Å²) in [4.78, 5) is 31.7. The van der Waals surface area contributed by atoms with E-state index in [1.165, 1.54) is 0 Å². The van der Waals surface area contributed by atoms with Crippen molar-refractivity contribution in [3.63, 3.8) is 0 Å². The van der Waals surface area contributed by atoms with Crippen LogP contribution in [-0.2, 0) is 20.8 Å². The molecular formula is C24H29ClN2O7. The molecule has 0 saturated carbocycles. The molecule has 2 atom stereocenters. The number of ether oxygens (including phenoxy) is 1. The van der Waals surface area contributed by atoms with Gasteiger partial charge in [-0.2, -0.15) is 0 Å². The summed E-state index contributed by atoms with van der Waals surface area (Å²) in [5, 5.41) is 34.7. The smallest absolute Gasteiger partial charge is 0.342 e. The highest BCUT2D eigenvalue weighted by Crippen LogP contribution is 2.37. The molecule has 3 N–H and O–H groups in total. The first-order valence-corrected chi connectivity index (χ1v) is 11.6. The maximum absolute atomic E-state index is 12.9. The van der Waals surface area contributed by atoms with Crippen LogP contribution in [0, 0.1) is 0 Å². The molecule has 0 spiro atoms. The second-order valence-electron chi connectivity index (χ2n) is 8.26. The predicted molar refractivity (Wildman–Crippen MR) is 126 cm³/mol. The normalized spacial score (nSPS) is 24.9. The Balaban J connectivity index is 1.90. The van der Waals surface area contributed by atoms with Gasteiger partial charge in [-0.1, -0.05) is 35.0 Å². The summed E-state index contributed by atoms with van der Waals surface area (Å²) in [6.07, 6.45) is 7.34. The lowest BCUT2D eigenvalue weighted by Gasteiger charge is -2.18. The largest absolute Gasteiger partial charge is 0.507 e. The van der Waals surface area contributed by atoms with Gasteiger partial charge in [0.1, 0.15) is 23.7 Å². The number of phenols is 2. The van der Waals surface area contributed by atoms with Gasteiger partial charge in [0.25, 0.3) is 0 Å². The first-order valence-electron chi connectivity index (χ1n) is 11.2. The van der Waals surface area contributed by atoms with Crippen LogP contribution >= 0.6 is 11.6 Å². The Morgan fingerprint density at radius 1 is 1.24 bits per heavy atom. The first-order chi connectivity index (χ1) is 16.3. The molecule has 1 fully saturated rings. The highest BCUT2D eigenvalue weighted by Gasteiger charge is 2.26. The SMILES string of the molecule is C[C@@H]1CC[C@H](O)\C=C/C=C/C(=N\OCCN2CCCC2=O)Cc2c(Cl)c(O)cc(O)c2C(=O)O1. The fourth-order valence-electron chi connectivity index (χ4n) is 3.76. The lowest BCUT2D eigenvalue weighted by Crippen LogP contribution is -2.28. The van der Waals surface area contributed by atoms with E-state index in [2.05, 4.69) is 5.16 Å². The first kappa shape index (κ1) is 25.6. The molecular weight excluding hydrogens is 464 g/mol. The second-order valence-corrected chi connectivity index (χ2v) is 8.64. The number of halogens is 1. The maximum Gasteiger partial charge on any atom is 0.342 e. The Labute approximate surface area is 202 Å². The zero-order valence-electron chi connectivity index (χ0n) is 18.9. The van der Waals surface area contributed by atoms with Gasteiger partial charge in [0.05, 0.1) is 29.5 Å². The fraction of sp³-hybridized carbons (Fsp3) is 0.458. The summed E-state index contributed by atoms with van der Waals surface area (Å²) < 4.78 is 5.45. The molecule has 0 aromatic heterocycles. The summed E-state index contributed by atoms with van der Waals surface area (Å²) in [6, 6.07) is 0.985. The van der Waals surface area contributed by atoms with Gasteiger partial charge >= 0.3 is 5.97 Å². The number of cyclic esters (lactones) is 1. The van der Waals surface area contributed by atoms with Crippen LogP contribution in [0.15, 0.2) is 35.5 Å². The van der Waals surface area contributed by atoms with Crippen LogP contribution in [0.5, 0.6) is 11.5 Å². The molecule has 2 heterocycles. The van der Waals surface area contributed by atoms with E-state index < -0.39 is 23.9 Å². The molecule has 0 aliphatic carbocycles. The minimum atomic E-state index is -0.805. The third kappa shape index (κ3) is 6.74. The van der Waals surface area contributed by atoms with Gasteiger partial charge in [0.15, 0.2) is 0 Å². The minimum Gasteiger partial charge on any atom is -0.507 e. The molecule has 1 aromatic rings. The van der Waals surface area contributed by atoms with E-state index in [-0.39, 0.29) is 40.8 Å². The molecule has 1 saturated heterocycles. The number of carbonyl (C=O) groups is 2. The number of esters is 1. The van der Waals surface area contributed by atoms with Gasteiger partial charge in [-0.05, 0) is 37.8 Å². The summed E-state index contributed by atoms with van der Waals surface area (Å²) in [7, 11) is 0. The number of oxime groups is 1. The van der Waals surface area contributed by atoms with Crippen LogP contribution in [0.4, 0.5) is 0 Å². The Morgan fingerprint density at radius 3 is 2.76 bits per heavy atom. The van der Waals surface area contributed by atoms with Gasteiger partial charge < -0.3 is 29.8 Å². The molecule has 1 amide bonds. The number of phenolic OH excluding ortho intramolecular Hbond substituents is 2. The highest BCUT2D eigenvalue weighted by atomic mass is 35.5. The van der Waals surface area contributed by atoms with E-state index in [0.717, 1.165) is 12.5 Å². The molecule has 34 heavy (non-hydrogen) atoms.